The first-order valence-electron chi connectivity index (χ1n) is 3.19. The Labute approximate surface area is 60.8 Å². The summed E-state index contributed by atoms with van der Waals surface area (Å²) in [5.41, 5.74) is 0. The van der Waals surface area contributed by atoms with E-state index in [2.05, 4.69) is 36.2 Å². The third-order valence-electron chi connectivity index (χ3n) is 1.09. The van der Waals surface area contributed by atoms with Crippen molar-refractivity contribution in [2.45, 2.75) is 37.9 Å². The van der Waals surface area contributed by atoms with Gasteiger partial charge in [0.1, 0.15) is 0 Å². The maximum atomic E-state index is 3.49. The van der Waals surface area contributed by atoms with E-state index in [1.807, 2.05) is 0 Å². The van der Waals surface area contributed by atoms with Crippen LogP contribution in [0, 0.1) is 6.42 Å². The maximum absolute atomic E-state index is 3.49. The summed E-state index contributed by atoms with van der Waals surface area (Å²) in [6.07, 6.45) is 6.10. The normalized spacial score (nSPS) is 13.9. The second-order valence-electron chi connectivity index (χ2n) is 2.12. The first-order chi connectivity index (χ1) is 3.77. The van der Waals surface area contributed by atoms with Crippen LogP contribution < -0.4 is 0 Å². The van der Waals surface area contributed by atoms with Crippen molar-refractivity contribution in [1.29, 1.82) is 0 Å². The number of rotatable bonds is 4. The molecule has 1 atom stereocenters. The fraction of sp³-hybridized carbons (Fsp3) is 0.857. The van der Waals surface area contributed by atoms with Gasteiger partial charge in [-0.3, -0.25) is 0 Å². The SMILES string of the molecule is C[CH]CCCC(C)Br. The zero-order valence-corrected chi connectivity index (χ0v) is 7.24. The third-order valence-corrected chi connectivity index (χ3v) is 1.55. The van der Waals surface area contributed by atoms with Crippen LogP contribution in [0.2, 0.25) is 0 Å². The van der Waals surface area contributed by atoms with Gasteiger partial charge in [-0.1, -0.05) is 42.6 Å². The largest absolute Gasteiger partial charge is 0.0894 e. The Morgan fingerprint density at radius 2 is 2.25 bits per heavy atom. The van der Waals surface area contributed by atoms with Gasteiger partial charge in [0, 0.05) is 4.83 Å². The highest BCUT2D eigenvalue weighted by atomic mass is 79.9. The van der Waals surface area contributed by atoms with Gasteiger partial charge in [-0.25, -0.2) is 0 Å². The van der Waals surface area contributed by atoms with E-state index in [0.29, 0.717) is 4.83 Å². The van der Waals surface area contributed by atoms with E-state index in [9.17, 15) is 0 Å². The Morgan fingerprint density at radius 3 is 2.62 bits per heavy atom. The molecule has 1 unspecified atom stereocenters. The molecule has 0 saturated heterocycles. The number of alkyl halides is 1. The van der Waals surface area contributed by atoms with E-state index in [1.54, 1.807) is 0 Å². The molecule has 1 heteroatoms. The van der Waals surface area contributed by atoms with Gasteiger partial charge < -0.3 is 0 Å². The van der Waals surface area contributed by atoms with Gasteiger partial charge >= 0.3 is 0 Å². The molecule has 0 N–H and O–H groups in total. The number of halogens is 1. The van der Waals surface area contributed by atoms with Gasteiger partial charge in [-0.05, 0) is 12.8 Å². The average molecular weight is 178 g/mol. The molecule has 0 nitrogen and oxygen atoms in total. The van der Waals surface area contributed by atoms with Crippen molar-refractivity contribution in [3.05, 3.63) is 6.42 Å². The minimum absolute atomic E-state index is 0.697. The highest BCUT2D eigenvalue weighted by Gasteiger charge is 1.92. The molecule has 0 bridgehead atoms. The van der Waals surface area contributed by atoms with Crippen molar-refractivity contribution in [3.63, 3.8) is 0 Å². The molecule has 0 aliphatic carbocycles. The van der Waals surface area contributed by atoms with E-state index < -0.39 is 0 Å². The summed E-state index contributed by atoms with van der Waals surface area (Å²) >= 11 is 3.49. The quantitative estimate of drug-likeness (QED) is 0.458. The molecule has 0 heterocycles. The molecule has 1 radical (unpaired) electrons. The predicted molar refractivity (Wildman–Crippen MR) is 42.2 cm³/mol. The molecule has 0 amide bonds. The van der Waals surface area contributed by atoms with Gasteiger partial charge in [-0.2, -0.15) is 0 Å². The van der Waals surface area contributed by atoms with Gasteiger partial charge in [0.15, 0.2) is 0 Å². The lowest BCUT2D eigenvalue weighted by Gasteiger charge is -1.98. The van der Waals surface area contributed by atoms with Crippen molar-refractivity contribution in [2.24, 2.45) is 0 Å². The Bertz CT molecular complexity index is 41.7. The minimum atomic E-state index is 0.697. The zero-order valence-electron chi connectivity index (χ0n) is 5.65. The Hall–Kier alpha value is 0.480. The molecular formula is C7H14Br. The summed E-state index contributed by atoms with van der Waals surface area (Å²) in [5.74, 6) is 0. The Kier molecular flexibility index (Phi) is 5.95. The summed E-state index contributed by atoms with van der Waals surface area (Å²) in [7, 11) is 0. The number of unbranched alkanes of at least 4 members (excludes halogenated alkanes) is 2. The topological polar surface area (TPSA) is 0 Å². The molecule has 0 aromatic rings. The highest BCUT2D eigenvalue weighted by Crippen LogP contribution is 2.08. The molecule has 0 aromatic carbocycles. The molecule has 0 spiro atoms. The van der Waals surface area contributed by atoms with Crippen LogP contribution in [0.25, 0.3) is 0 Å². The molecule has 0 saturated carbocycles. The Morgan fingerprint density at radius 1 is 1.62 bits per heavy atom. The molecule has 8 heavy (non-hydrogen) atoms. The summed E-state index contributed by atoms with van der Waals surface area (Å²) in [4.78, 5) is 0.697. The van der Waals surface area contributed by atoms with Gasteiger partial charge in [0.05, 0.1) is 0 Å². The van der Waals surface area contributed by atoms with E-state index in [0.717, 1.165) is 0 Å². The average Bonchev–Trinajstić information content (AvgIpc) is 1.66. The summed E-state index contributed by atoms with van der Waals surface area (Å²) < 4.78 is 0. The van der Waals surface area contributed by atoms with Gasteiger partial charge in [0.2, 0.25) is 0 Å². The lowest BCUT2D eigenvalue weighted by atomic mass is 10.2. The zero-order chi connectivity index (χ0) is 6.41. The second-order valence-corrected chi connectivity index (χ2v) is 3.68. The van der Waals surface area contributed by atoms with Crippen LogP contribution in [0.1, 0.15) is 33.1 Å². The molecule has 0 aliphatic heterocycles. The van der Waals surface area contributed by atoms with Crippen molar-refractivity contribution < 1.29 is 0 Å². The summed E-state index contributed by atoms with van der Waals surface area (Å²) in [6, 6.07) is 0. The Balaban J connectivity index is 2.72. The summed E-state index contributed by atoms with van der Waals surface area (Å²) in [5, 5.41) is 0. The fourth-order valence-corrected chi connectivity index (χ4v) is 0.927. The van der Waals surface area contributed by atoms with Gasteiger partial charge in [0.25, 0.3) is 0 Å². The van der Waals surface area contributed by atoms with Crippen molar-refractivity contribution in [1.82, 2.24) is 0 Å². The minimum Gasteiger partial charge on any atom is -0.0894 e. The van der Waals surface area contributed by atoms with E-state index >= 15 is 0 Å². The second kappa shape index (κ2) is 5.61. The highest BCUT2D eigenvalue weighted by molar-refractivity contribution is 9.09. The van der Waals surface area contributed by atoms with E-state index in [-0.39, 0.29) is 0 Å². The first kappa shape index (κ1) is 8.48. The van der Waals surface area contributed by atoms with Crippen molar-refractivity contribution in [2.75, 3.05) is 0 Å². The van der Waals surface area contributed by atoms with Gasteiger partial charge in [-0.15, -0.1) is 0 Å². The third kappa shape index (κ3) is 6.48. The monoisotopic (exact) mass is 177 g/mol. The van der Waals surface area contributed by atoms with E-state index in [1.165, 1.54) is 19.3 Å². The fourth-order valence-electron chi connectivity index (χ4n) is 0.603. The lowest BCUT2D eigenvalue weighted by Crippen LogP contribution is -1.88. The maximum Gasteiger partial charge on any atom is 0.0117 e. The van der Waals surface area contributed by atoms with Crippen molar-refractivity contribution in [3.8, 4) is 0 Å². The van der Waals surface area contributed by atoms with E-state index in [4.69, 9.17) is 0 Å². The van der Waals surface area contributed by atoms with Crippen LogP contribution in [0.4, 0.5) is 0 Å². The van der Waals surface area contributed by atoms with Crippen LogP contribution in [0.5, 0.6) is 0 Å². The lowest BCUT2D eigenvalue weighted by molar-refractivity contribution is 0.729. The van der Waals surface area contributed by atoms with Crippen LogP contribution in [0.3, 0.4) is 0 Å². The molecular weight excluding hydrogens is 164 g/mol. The van der Waals surface area contributed by atoms with Crippen molar-refractivity contribution >= 4 is 15.9 Å². The smallest absolute Gasteiger partial charge is 0.0117 e. The first-order valence-corrected chi connectivity index (χ1v) is 4.11. The number of hydrogen-bond donors (Lipinski definition) is 0. The van der Waals surface area contributed by atoms with Crippen LogP contribution in [-0.4, -0.2) is 4.83 Å². The molecule has 0 fully saturated rings. The summed E-state index contributed by atoms with van der Waals surface area (Å²) in [6.45, 7) is 4.30. The standard InChI is InChI=1S/C7H14Br/c1-3-4-5-6-7(2)8/h3,7H,4-6H2,1-2H3. The molecule has 49 valence electrons. The molecule has 0 aliphatic rings. The molecule has 0 aromatic heterocycles. The van der Waals surface area contributed by atoms with Crippen LogP contribution >= 0.6 is 15.9 Å². The molecule has 0 rings (SSSR count). The predicted octanol–water partition coefficient (Wildman–Crippen LogP) is 3.16. The van der Waals surface area contributed by atoms with Crippen LogP contribution in [0.15, 0.2) is 0 Å². The van der Waals surface area contributed by atoms with Crippen LogP contribution in [-0.2, 0) is 0 Å². The number of hydrogen-bond acceptors (Lipinski definition) is 0.